The molecule has 0 heterocycles. The molecule has 0 saturated carbocycles. The molecule has 0 aliphatic rings. The van der Waals surface area contributed by atoms with Gasteiger partial charge in [-0.3, -0.25) is 9.59 Å². The number of alkyl halides is 3. The Balaban J connectivity index is 3.13. The van der Waals surface area contributed by atoms with Crippen LogP contribution < -0.4 is 5.32 Å². The smallest absolute Gasteiger partial charge is 0.416 e. The topological polar surface area (TPSA) is 66.4 Å². The fourth-order valence-corrected chi connectivity index (χ4v) is 1.79. The van der Waals surface area contributed by atoms with Gasteiger partial charge in [-0.15, -0.1) is 0 Å². The molecular formula is C13H14F3NO3. The van der Waals surface area contributed by atoms with Crippen molar-refractivity contribution >= 4 is 11.9 Å². The molecule has 0 spiro atoms. The molecule has 110 valence electrons. The molecule has 2 N–H and O–H groups in total. The van der Waals surface area contributed by atoms with Gasteiger partial charge in [-0.25, -0.2) is 0 Å². The number of hydrogen-bond donors (Lipinski definition) is 2. The molecule has 0 aliphatic carbocycles. The van der Waals surface area contributed by atoms with E-state index in [2.05, 4.69) is 5.32 Å². The number of carbonyl (C=O) groups is 2. The van der Waals surface area contributed by atoms with Gasteiger partial charge in [0.05, 0.1) is 5.56 Å². The molecule has 1 aromatic carbocycles. The highest BCUT2D eigenvalue weighted by molar-refractivity contribution is 6.01. The minimum Gasteiger partial charge on any atom is -0.480 e. The maximum Gasteiger partial charge on any atom is 0.416 e. The summed E-state index contributed by atoms with van der Waals surface area (Å²) < 4.78 is 37.8. The number of aliphatic carboxylic acids is 1. The third kappa shape index (κ3) is 3.28. The highest BCUT2D eigenvalue weighted by Crippen LogP contribution is 2.31. The minimum absolute atomic E-state index is 0.133. The molecular weight excluding hydrogens is 275 g/mol. The Bertz CT molecular complexity index is 528. The van der Waals surface area contributed by atoms with Crippen LogP contribution in [0.15, 0.2) is 24.3 Å². The van der Waals surface area contributed by atoms with Crippen molar-refractivity contribution in [2.24, 2.45) is 5.41 Å². The summed E-state index contributed by atoms with van der Waals surface area (Å²) in [6.45, 7) is 1.18. The number of hydrogen-bond acceptors (Lipinski definition) is 2. The van der Waals surface area contributed by atoms with Crippen LogP contribution >= 0.6 is 0 Å². The lowest BCUT2D eigenvalue weighted by atomic mass is 9.82. The molecule has 0 radical (unpaired) electrons. The van der Waals surface area contributed by atoms with Crippen LogP contribution in [0.25, 0.3) is 0 Å². The Morgan fingerprint density at radius 2 is 1.90 bits per heavy atom. The van der Waals surface area contributed by atoms with E-state index in [1.807, 2.05) is 0 Å². The van der Waals surface area contributed by atoms with Gasteiger partial charge in [-0.2, -0.15) is 13.2 Å². The molecule has 1 rings (SSSR count). The van der Waals surface area contributed by atoms with Crippen LogP contribution in [0.4, 0.5) is 13.2 Å². The van der Waals surface area contributed by atoms with Crippen LogP contribution in [0.5, 0.6) is 0 Å². The molecule has 0 fully saturated rings. The van der Waals surface area contributed by atoms with Crippen LogP contribution in [-0.2, 0) is 22.2 Å². The molecule has 1 amide bonds. The Kier molecular flexibility index (Phi) is 4.42. The number of benzene rings is 1. The second kappa shape index (κ2) is 5.52. The van der Waals surface area contributed by atoms with Crippen molar-refractivity contribution < 1.29 is 27.9 Å². The molecule has 0 bridgehead atoms. The summed E-state index contributed by atoms with van der Waals surface area (Å²) in [6, 6.07) is 4.29. The van der Waals surface area contributed by atoms with E-state index in [4.69, 9.17) is 5.11 Å². The summed E-state index contributed by atoms with van der Waals surface area (Å²) in [5, 5.41) is 11.4. The lowest BCUT2D eigenvalue weighted by molar-refractivity contribution is -0.154. The van der Waals surface area contributed by atoms with Gasteiger partial charge in [0, 0.05) is 7.05 Å². The number of carboxylic acid groups (broad SMARTS) is 1. The number of halogens is 3. The normalized spacial score (nSPS) is 14.4. The van der Waals surface area contributed by atoms with Gasteiger partial charge in [0.2, 0.25) is 5.91 Å². The second-order valence-corrected chi connectivity index (χ2v) is 4.59. The summed E-state index contributed by atoms with van der Waals surface area (Å²) in [5.74, 6) is -2.16. The van der Waals surface area contributed by atoms with E-state index >= 15 is 0 Å². The van der Waals surface area contributed by atoms with Crippen molar-refractivity contribution in [1.82, 2.24) is 5.32 Å². The first-order chi connectivity index (χ1) is 9.11. The molecule has 7 heteroatoms. The van der Waals surface area contributed by atoms with Crippen LogP contribution in [0.1, 0.15) is 18.1 Å². The van der Waals surface area contributed by atoms with E-state index in [1.54, 1.807) is 0 Å². The summed E-state index contributed by atoms with van der Waals surface area (Å²) >= 11 is 0. The molecule has 4 nitrogen and oxygen atoms in total. The highest BCUT2D eigenvalue weighted by atomic mass is 19.4. The minimum atomic E-state index is -4.51. The predicted octanol–water partition coefficient (Wildman–Crippen LogP) is 2.08. The van der Waals surface area contributed by atoms with E-state index < -0.39 is 29.0 Å². The summed E-state index contributed by atoms with van der Waals surface area (Å²) in [5.41, 5.74) is -2.56. The zero-order valence-electron chi connectivity index (χ0n) is 10.9. The third-order valence-corrected chi connectivity index (χ3v) is 3.01. The van der Waals surface area contributed by atoms with Crippen molar-refractivity contribution in [3.63, 3.8) is 0 Å². The monoisotopic (exact) mass is 289 g/mol. The fraction of sp³-hybridized carbons (Fsp3) is 0.385. The van der Waals surface area contributed by atoms with Gasteiger partial charge >= 0.3 is 12.1 Å². The summed E-state index contributed by atoms with van der Waals surface area (Å²) in [7, 11) is 1.27. The molecule has 1 atom stereocenters. The quantitative estimate of drug-likeness (QED) is 0.834. The highest BCUT2D eigenvalue weighted by Gasteiger charge is 2.41. The maximum atomic E-state index is 12.6. The molecule has 0 aromatic heterocycles. The summed E-state index contributed by atoms with van der Waals surface area (Å²) in [6.07, 6.45) is -4.84. The van der Waals surface area contributed by atoms with Crippen molar-refractivity contribution in [3.8, 4) is 0 Å². The molecule has 1 aromatic rings. The lowest BCUT2D eigenvalue weighted by Crippen LogP contribution is -2.44. The second-order valence-electron chi connectivity index (χ2n) is 4.59. The average Bonchev–Trinajstić information content (AvgIpc) is 2.36. The summed E-state index contributed by atoms with van der Waals surface area (Å²) in [4.78, 5) is 22.9. The zero-order valence-corrected chi connectivity index (χ0v) is 10.9. The van der Waals surface area contributed by atoms with Crippen LogP contribution in [0.2, 0.25) is 0 Å². The van der Waals surface area contributed by atoms with Crippen molar-refractivity contribution in [2.45, 2.75) is 19.5 Å². The van der Waals surface area contributed by atoms with Crippen molar-refractivity contribution in [3.05, 3.63) is 35.4 Å². The number of rotatable bonds is 4. The third-order valence-electron chi connectivity index (χ3n) is 3.01. The van der Waals surface area contributed by atoms with Crippen LogP contribution in [0.3, 0.4) is 0 Å². The first-order valence-electron chi connectivity index (χ1n) is 5.73. The van der Waals surface area contributed by atoms with Gasteiger partial charge in [-0.1, -0.05) is 18.2 Å². The van der Waals surface area contributed by atoms with E-state index in [0.29, 0.717) is 0 Å². The van der Waals surface area contributed by atoms with E-state index in [-0.39, 0.29) is 12.0 Å². The lowest BCUT2D eigenvalue weighted by Gasteiger charge is -2.23. The Morgan fingerprint density at radius 1 is 1.30 bits per heavy atom. The molecule has 20 heavy (non-hydrogen) atoms. The molecule has 1 unspecified atom stereocenters. The first-order valence-corrected chi connectivity index (χ1v) is 5.73. The first kappa shape index (κ1) is 16.0. The van der Waals surface area contributed by atoms with E-state index in [1.165, 1.54) is 26.1 Å². The fourth-order valence-electron chi connectivity index (χ4n) is 1.79. The number of carboxylic acids is 1. The molecule has 0 aliphatic heterocycles. The standard InChI is InChI=1S/C13H14F3NO3/c1-12(11(19)20,10(18)17-2)7-8-4-3-5-9(6-8)13(14,15)16/h3-6H,7H2,1-2H3,(H,17,18)(H,19,20). The maximum absolute atomic E-state index is 12.6. The van der Waals surface area contributed by atoms with Gasteiger partial charge in [0.25, 0.3) is 0 Å². The SMILES string of the molecule is CNC(=O)C(C)(Cc1cccc(C(F)(F)F)c1)C(=O)O. The van der Waals surface area contributed by atoms with Gasteiger partial charge in [0.1, 0.15) is 5.41 Å². The Hall–Kier alpha value is -2.05. The predicted molar refractivity (Wildman–Crippen MR) is 65.0 cm³/mol. The molecule has 0 saturated heterocycles. The number of amides is 1. The van der Waals surface area contributed by atoms with Gasteiger partial charge in [-0.05, 0) is 25.0 Å². The van der Waals surface area contributed by atoms with Crippen LogP contribution in [0, 0.1) is 5.41 Å². The Labute approximate surface area is 113 Å². The number of carbonyl (C=O) groups excluding carboxylic acids is 1. The van der Waals surface area contributed by atoms with Crippen LogP contribution in [-0.4, -0.2) is 24.0 Å². The number of nitrogens with one attached hydrogen (secondary N) is 1. The Morgan fingerprint density at radius 3 is 2.35 bits per heavy atom. The van der Waals surface area contributed by atoms with E-state index in [9.17, 15) is 22.8 Å². The van der Waals surface area contributed by atoms with Gasteiger partial charge in [0.15, 0.2) is 0 Å². The van der Waals surface area contributed by atoms with Crippen molar-refractivity contribution in [2.75, 3.05) is 7.05 Å². The zero-order chi connectivity index (χ0) is 15.6. The van der Waals surface area contributed by atoms with E-state index in [0.717, 1.165) is 12.1 Å². The average molecular weight is 289 g/mol. The van der Waals surface area contributed by atoms with Gasteiger partial charge < -0.3 is 10.4 Å². The van der Waals surface area contributed by atoms with Crippen molar-refractivity contribution in [1.29, 1.82) is 0 Å². The largest absolute Gasteiger partial charge is 0.480 e.